The summed E-state index contributed by atoms with van der Waals surface area (Å²) in [5.74, 6) is 0.410. The van der Waals surface area contributed by atoms with E-state index >= 15 is 0 Å². The number of likely N-dealkylation sites (N-methyl/N-ethyl adjacent to an activating group) is 2. The number of carbonyl (C=O) groups excluding carboxylic acids is 2. The van der Waals surface area contributed by atoms with Crippen LogP contribution >= 0.6 is 11.6 Å². The molecule has 0 aromatic heterocycles. The Balaban J connectivity index is 1.88. The van der Waals surface area contributed by atoms with Gasteiger partial charge in [-0.25, -0.2) is 0 Å². The zero-order valence-electron chi connectivity index (χ0n) is 16.5. The highest BCUT2D eigenvalue weighted by Crippen LogP contribution is 2.27. The molecule has 1 aromatic rings. The number of anilines is 1. The third-order valence-electron chi connectivity index (χ3n) is 4.93. The van der Waals surface area contributed by atoms with Crippen LogP contribution < -0.4 is 10.1 Å². The number of carbonyl (C=O) groups is 2. The third kappa shape index (κ3) is 6.40. The maximum absolute atomic E-state index is 12.7. The number of methoxy groups -OCH3 is 1. The fourth-order valence-corrected chi connectivity index (χ4v) is 3.79. The van der Waals surface area contributed by atoms with Crippen LogP contribution in [0.2, 0.25) is 5.02 Å². The summed E-state index contributed by atoms with van der Waals surface area (Å²) in [6.45, 7) is 3.07. The van der Waals surface area contributed by atoms with E-state index in [9.17, 15) is 9.59 Å². The number of halogens is 1. The standard InChI is InChI=1S/C20H30ClN3O3/c1-4-24(16-8-6-5-7-9-16)20(26)14-23(2)13-19(25)22-17-12-15(21)10-11-18(17)27-3/h10-12,16H,4-9,13-14H2,1-3H3,(H,22,25). The molecule has 0 heterocycles. The van der Waals surface area contributed by atoms with Gasteiger partial charge < -0.3 is 15.0 Å². The second-order valence-corrected chi connectivity index (χ2v) is 7.47. The lowest BCUT2D eigenvalue weighted by molar-refractivity contribution is -0.135. The molecule has 0 spiro atoms. The average Bonchev–Trinajstić information content (AvgIpc) is 2.63. The molecule has 0 atom stereocenters. The van der Waals surface area contributed by atoms with E-state index in [4.69, 9.17) is 16.3 Å². The summed E-state index contributed by atoms with van der Waals surface area (Å²) < 4.78 is 5.24. The zero-order valence-corrected chi connectivity index (χ0v) is 17.2. The first-order chi connectivity index (χ1) is 12.9. The molecule has 1 aliphatic rings. The lowest BCUT2D eigenvalue weighted by Crippen LogP contribution is -2.46. The molecule has 0 saturated heterocycles. The number of rotatable bonds is 8. The van der Waals surface area contributed by atoms with Crippen molar-refractivity contribution in [3.63, 3.8) is 0 Å². The molecular formula is C20H30ClN3O3. The fourth-order valence-electron chi connectivity index (χ4n) is 3.62. The van der Waals surface area contributed by atoms with Crippen molar-refractivity contribution in [1.29, 1.82) is 0 Å². The lowest BCUT2D eigenvalue weighted by atomic mass is 9.94. The summed E-state index contributed by atoms with van der Waals surface area (Å²) in [6, 6.07) is 5.39. The van der Waals surface area contributed by atoms with E-state index in [1.54, 1.807) is 30.1 Å². The summed E-state index contributed by atoms with van der Waals surface area (Å²) in [5.41, 5.74) is 0.520. The van der Waals surface area contributed by atoms with E-state index < -0.39 is 0 Å². The van der Waals surface area contributed by atoms with Crippen LogP contribution in [0.25, 0.3) is 0 Å². The number of hydrogen-bond acceptors (Lipinski definition) is 4. The minimum absolute atomic E-state index is 0.0834. The van der Waals surface area contributed by atoms with Gasteiger partial charge >= 0.3 is 0 Å². The van der Waals surface area contributed by atoms with Gasteiger partial charge in [-0.1, -0.05) is 30.9 Å². The topological polar surface area (TPSA) is 61.9 Å². The molecule has 150 valence electrons. The molecule has 1 aromatic carbocycles. The summed E-state index contributed by atoms with van der Waals surface area (Å²) in [4.78, 5) is 28.7. The van der Waals surface area contributed by atoms with E-state index in [-0.39, 0.29) is 24.9 Å². The summed E-state index contributed by atoms with van der Waals surface area (Å²) in [6.07, 6.45) is 5.80. The Kier molecular flexibility index (Phi) is 8.38. The van der Waals surface area contributed by atoms with E-state index in [1.165, 1.54) is 26.4 Å². The van der Waals surface area contributed by atoms with Crippen molar-refractivity contribution in [3.05, 3.63) is 23.2 Å². The van der Waals surface area contributed by atoms with E-state index in [0.29, 0.717) is 29.0 Å². The van der Waals surface area contributed by atoms with E-state index in [2.05, 4.69) is 5.32 Å². The van der Waals surface area contributed by atoms with Crippen molar-refractivity contribution >= 4 is 29.1 Å². The Morgan fingerprint density at radius 3 is 2.56 bits per heavy atom. The predicted molar refractivity (Wildman–Crippen MR) is 108 cm³/mol. The Labute approximate surface area is 166 Å². The molecule has 1 saturated carbocycles. The van der Waals surface area contributed by atoms with Crippen LogP contribution in [-0.4, -0.2) is 61.4 Å². The molecule has 2 amide bonds. The number of hydrogen-bond donors (Lipinski definition) is 1. The van der Waals surface area contributed by atoms with Gasteiger partial charge in [-0.3, -0.25) is 14.5 Å². The molecule has 1 aliphatic carbocycles. The third-order valence-corrected chi connectivity index (χ3v) is 5.17. The van der Waals surface area contributed by atoms with Gasteiger partial charge in [0.1, 0.15) is 5.75 Å². The fraction of sp³-hybridized carbons (Fsp3) is 0.600. The predicted octanol–water partition coefficient (Wildman–Crippen LogP) is 3.40. The molecule has 0 unspecified atom stereocenters. The molecule has 0 bridgehead atoms. The van der Waals surface area contributed by atoms with Gasteiger partial charge in [-0.15, -0.1) is 0 Å². The number of benzene rings is 1. The van der Waals surface area contributed by atoms with Gasteiger partial charge in [0.15, 0.2) is 0 Å². The molecule has 1 fully saturated rings. The normalized spacial score (nSPS) is 14.9. The van der Waals surface area contributed by atoms with Gasteiger partial charge in [0.05, 0.1) is 25.9 Å². The van der Waals surface area contributed by atoms with Crippen LogP contribution in [0.4, 0.5) is 5.69 Å². The van der Waals surface area contributed by atoms with Gasteiger partial charge in [-0.2, -0.15) is 0 Å². The van der Waals surface area contributed by atoms with Crippen LogP contribution in [-0.2, 0) is 9.59 Å². The smallest absolute Gasteiger partial charge is 0.238 e. The molecule has 0 aliphatic heterocycles. The maximum atomic E-state index is 12.7. The molecule has 7 heteroatoms. The van der Waals surface area contributed by atoms with Crippen LogP contribution in [0.3, 0.4) is 0 Å². The first kappa shape index (κ1) is 21.5. The zero-order chi connectivity index (χ0) is 19.8. The first-order valence-corrected chi connectivity index (χ1v) is 9.93. The van der Waals surface area contributed by atoms with Crippen LogP contribution in [0.15, 0.2) is 18.2 Å². The van der Waals surface area contributed by atoms with Crippen molar-refractivity contribution in [2.45, 2.75) is 45.1 Å². The summed E-state index contributed by atoms with van der Waals surface area (Å²) >= 11 is 5.99. The number of amides is 2. The second kappa shape index (κ2) is 10.5. The maximum Gasteiger partial charge on any atom is 0.238 e. The molecule has 6 nitrogen and oxygen atoms in total. The van der Waals surface area contributed by atoms with Crippen LogP contribution in [0.1, 0.15) is 39.0 Å². The summed E-state index contributed by atoms with van der Waals surface area (Å²) in [5, 5.41) is 3.31. The highest BCUT2D eigenvalue weighted by Gasteiger charge is 2.25. The van der Waals surface area contributed by atoms with Gasteiger partial charge in [0.2, 0.25) is 11.8 Å². The Bertz CT molecular complexity index is 647. The molecule has 2 rings (SSSR count). The van der Waals surface area contributed by atoms with E-state index in [0.717, 1.165) is 12.8 Å². The van der Waals surface area contributed by atoms with E-state index in [1.807, 2.05) is 11.8 Å². The molecular weight excluding hydrogens is 366 g/mol. The molecule has 27 heavy (non-hydrogen) atoms. The second-order valence-electron chi connectivity index (χ2n) is 7.04. The average molecular weight is 396 g/mol. The van der Waals surface area contributed by atoms with Crippen molar-refractivity contribution in [2.24, 2.45) is 0 Å². The SMILES string of the molecule is CCN(C(=O)CN(C)CC(=O)Nc1cc(Cl)ccc1OC)C1CCCCC1. The van der Waals surface area contributed by atoms with Gasteiger partial charge in [0, 0.05) is 17.6 Å². The Morgan fingerprint density at radius 2 is 1.93 bits per heavy atom. The van der Waals surface area contributed by atoms with Crippen molar-refractivity contribution in [3.8, 4) is 5.75 Å². The van der Waals surface area contributed by atoms with Crippen molar-refractivity contribution in [2.75, 3.05) is 39.1 Å². The minimum atomic E-state index is -0.216. The number of nitrogens with zero attached hydrogens (tertiary/aromatic N) is 2. The highest BCUT2D eigenvalue weighted by molar-refractivity contribution is 6.31. The quantitative estimate of drug-likeness (QED) is 0.732. The highest BCUT2D eigenvalue weighted by atomic mass is 35.5. The number of nitrogens with one attached hydrogen (secondary N) is 1. The van der Waals surface area contributed by atoms with Crippen molar-refractivity contribution in [1.82, 2.24) is 9.80 Å². The molecule has 1 N–H and O–H groups in total. The monoisotopic (exact) mass is 395 g/mol. The number of ether oxygens (including phenoxy) is 1. The van der Waals surface area contributed by atoms with Crippen molar-refractivity contribution < 1.29 is 14.3 Å². The Hall–Kier alpha value is -1.79. The molecule has 0 radical (unpaired) electrons. The van der Waals surface area contributed by atoms with Crippen LogP contribution in [0, 0.1) is 0 Å². The Morgan fingerprint density at radius 1 is 1.22 bits per heavy atom. The van der Waals surface area contributed by atoms with Gasteiger partial charge in [0.25, 0.3) is 0 Å². The summed E-state index contributed by atoms with van der Waals surface area (Å²) in [7, 11) is 3.32. The minimum Gasteiger partial charge on any atom is -0.495 e. The lowest BCUT2D eigenvalue weighted by Gasteiger charge is -2.34. The largest absolute Gasteiger partial charge is 0.495 e. The first-order valence-electron chi connectivity index (χ1n) is 9.56. The van der Waals surface area contributed by atoms with Crippen LogP contribution in [0.5, 0.6) is 5.75 Å². The van der Waals surface area contributed by atoms with Gasteiger partial charge in [-0.05, 0) is 45.0 Å².